The van der Waals surface area contributed by atoms with E-state index in [9.17, 15) is 9.59 Å². The van der Waals surface area contributed by atoms with Gasteiger partial charge in [0.05, 0.1) is 14.2 Å². The molecule has 6 nitrogen and oxygen atoms in total. The van der Waals surface area contributed by atoms with Crippen molar-refractivity contribution in [3.8, 4) is 11.8 Å². The van der Waals surface area contributed by atoms with Gasteiger partial charge >= 0.3 is 5.97 Å². The topological polar surface area (TPSA) is 88.4 Å². The highest BCUT2D eigenvalue weighted by atomic mass is 16.5. The van der Waals surface area contributed by atoms with Crippen molar-refractivity contribution in [2.75, 3.05) is 19.5 Å². The molecular formula is C19H16N2O4. The monoisotopic (exact) mass is 336 g/mol. The third kappa shape index (κ3) is 4.69. The van der Waals surface area contributed by atoms with Crippen molar-refractivity contribution in [3.63, 3.8) is 0 Å². The Kier molecular flexibility index (Phi) is 5.91. The van der Waals surface area contributed by atoms with Gasteiger partial charge in [-0.3, -0.25) is 4.79 Å². The predicted octanol–water partition coefficient (Wildman–Crippen LogP) is 3.03. The Morgan fingerprint density at radius 1 is 1.12 bits per heavy atom. The quantitative estimate of drug-likeness (QED) is 0.515. The molecule has 0 aromatic heterocycles. The van der Waals surface area contributed by atoms with Crippen LogP contribution in [0, 0.1) is 11.3 Å². The number of hydrogen-bond acceptors (Lipinski definition) is 5. The number of nitriles is 1. The molecule has 2 aromatic rings. The van der Waals surface area contributed by atoms with Gasteiger partial charge in [0.15, 0.2) is 0 Å². The number of esters is 1. The van der Waals surface area contributed by atoms with Gasteiger partial charge in [0, 0.05) is 11.3 Å². The fraction of sp³-hybridized carbons (Fsp3) is 0.105. The van der Waals surface area contributed by atoms with Crippen LogP contribution >= 0.6 is 0 Å². The van der Waals surface area contributed by atoms with Crippen LogP contribution in [0.2, 0.25) is 0 Å². The molecule has 0 fully saturated rings. The molecule has 2 rings (SSSR count). The minimum Gasteiger partial charge on any atom is -0.497 e. The molecule has 0 spiro atoms. The van der Waals surface area contributed by atoms with Gasteiger partial charge in [0.1, 0.15) is 17.4 Å². The summed E-state index contributed by atoms with van der Waals surface area (Å²) in [6.07, 6.45) is 1.40. The number of methoxy groups -OCH3 is 2. The maximum atomic E-state index is 12.3. The Morgan fingerprint density at radius 3 is 2.44 bits per heavy atom. The number of anilines is 1. The molecule has 126 valence electrons. The largest absolute Gasteiger partial charge is 0.497 e. The van der Waals surface area contributed by atoms with Crippen LogP contribution in [0.3, 0.4) is 0 Å². The number of rotatable bonds is 5. The van der Waals surface area contributed by atoms with Crippen molar-refractivity contribution < 1.29 is 19.1 Å². The maximum absolute atomic E-state index is 12.3. The zero-order chi connectivity index (χ0) is 18.2. The van der Waals surface area contributed by atoms with E-state index in [1.807, 2.05) is 0 Å². The molecule has 0 radical (unpaired) electrons. The average Bonchev–Trinajstić information content (AvgIpc) is 2.65. The Morgan fingerprint density at radius 2 is 1.84 bits per heavy atom. The molecule has 0 saturated carbocycles. The number of ether oxygens (including phenoxy) is 2. The van der Waals surface area contributed by atoms with Crippen molar-refractivity contribution in [2.24, 2.45) is 0 Å². The minimum atomic E-state index is -0.713. The van der Waals surface area contributed by atoms with Gasteiger partial charge in [-0.05, 0) is 48.0 Å². The van der Waals surface area contributed by atoms with E-state index in [1.54, 1.807) is 61.7 Å². The van der Waals surface area contributed by atoms with E-state index in [1.165, 1.54) is 13.2 Å². The third-order valence-corrected chi connectivity index (χ3v) is 3.33. The van der Waals surface area contributed by atoms with Crippen LogP contribution in [0.25, 0.3) is 6.08 Å². The molecular weight excluding hydrogens is 320 g/mol. The zero-order valence-corrected chi connectivity index (χ0v) is 13.8. The first-order chi connectivity index (χ1) is 12.1. The maximum Gasteiger partial charge on any atom is 0.348 e. The Balaban J connectivity index is 2.18. The summed E-state index contributed by atoms with van der Waals surface area (Å²) >= 11 is 0. The van der Waals surface area contributed by atoms with Crippen LogP contribution in [-0.2, 0) is 9.53 Å². The fourth-order valence-corrected chi connectivity index (χ4v) is 2.07. The number of nitrogens with zero attached hydrogens (tertiary/aromatic N) is 1. The van der Waals surface area contributed by atoms with Crippen LogP contribution in [0.1, 0.15) is 15.9 Å². The second kappa shape index (κ2) is 8.31. The van der Waals surface area contributed by atoms with E-state index in [-0.39, 0.29) is 11.5 Å². The molecule has 1 amide bonds. The summed E-state index contributed by atoms with van der Waals surface area (Å²) in [4.78, 5) is 23.7. The van der Waals surface area contributed by atoms with Gasteiger partial charge in [-0.1, -0.05) is 12.1 Å². The molecule has 2 aromatic carbocycles. The van der Waals surface area contributed by atoms with Crippen molar-refractivity contribution in [1.82, 2.24) is 0 Å². The number of carbonyl (C=O) groups excluding carboxylic acids is 2. The highest BCUT2D eigenvalue weighted by Crippen LogP contribution is 2.17. The van der Waals surface area contributed by atoms with E-state index in [4.69, 9.17) is 10.00 Å². The zero-order valence-electron chi connectivity index (χ0n) is 13.8. The molecule has 0 saturated heterocycles. The lowest BCUT2D eigenvalue weighted by Crippen LogP contribution is -2.11. The Labute approximate surface area is 145 Å². The van der Waals surface area contributed by atoms with Crippen LogP contribution in [0.4, 0.5) is 5.69 Å². The lowest BCUT2D eigenvalue weighted by atomic mass is 10.1. The van der Waals surface area contributed by atoms with Crippen molar-refractivity contribution in [2.45, 2.75) is 0 Å². The molecule has 25 heavy (non-hydrogen) atoms. The molecule has 0 atom stereocenters. The first-order valence-corrected chi connectivity index (χ1v) is 7.33. The number of amides is 1. The second-order valence-electron chi connectivity index (χ2n) is 4.97. The van der Waals surface area contributed by atoms with Gasteiger partial charge < -0.3 is 14.8 Å². The standard InChI is InChI=1S/C19H16N2O4/c1-24-17-8-6-14(7-9-17)18(22)21-16-5-3-4-13(11-16)10-15(12-20)19(23)25-2/h3-11H,1-2H3,(H,21,22). The first kappa shape index (κ1) is 17.8. The molecule has 6 heteroatoms. The highest BCUT2D eigenvalue weighted by Gasteiger charge is 2.10. The summed E-state index contributed by atoms with van der Waals surface area (Å²) in [5.41, 5.74) is 1.49. The summed E-state index contributed by atoms with van der Waals surface area (Å²) < 4.78 is 9.59. The van der Waals surface area contributed by atoms with E-state index in [0.717, 1.165) is 0 Å². The molecule has 0 unspecified atom stereocenters. The summed E-state index contributed by atoms with van der Waals surface area (Å²) in [7, 11) is 2.76. The summed E-state index contributed by atoms with van der Waals surface area (Å²) in [5.74, 6) is -0.331. The van der Waals surface area contributed by atoms with Crippen LogP contribution in [-0.4, -0.2) is 26.1 Å². The second-order valence-corrected chi connectivity index (χ2v) is 4.97. The van der Waals surface area contributed by atoms with Crippen LogP contribution < -0.4 is 10.1 Å². The number of benzene rings is 2. The molecule has 1 N–H and O–H groups in total. The molecule has 0 bridgehead atoms. The van der Waals surface area contributed by atoms with Crippen molar-refractivity contribution in [3.05, 3.63) is 65.2 Å². The lowest BCUT2D eigenvalue weighted by molar-refractivity contribution is -0.135. The molecule has 0 aliphatic rings. The fourth-order valence-electron chi connectivity index (χ4n) is 2.07. The van der Waals surface area contributed by atoms with Gasteiger partial charge in [0.25, 0.3) is 5.91 Å². The molecule has 0 aliphatic carbocycles. The van der Waals surface area contributed by atoms with Gasteiger partial charge in [0.2, 0.25) is 0 Å². The minimum absolute atomic E-state index is 0.124. The van der Waals surface area contributed by atoms with Gasteiger partial charge in [-0.2, -0.15) is 5.26 Å². The van der Waals surface area contributed by atoms with E-state index in [2.05, 4.69) is 10.1 Å². The third-order valence-electron chi connectivity index (χ3n) is 3.33. The summed E-state index contributed by atoms with van der Waals surface area (Å²) in [5, 5.41) is 11.8. The Bertz CT molecular complexity index is 848. The van der Waals surface area contributed by atoms with E-state index < -0.39 is 5.97 Å². The molecule has 0 aliphatic heterocycles. The normalized spacial score (nSPS) is 10.5. The summed E-state index contributed by atoms with van der Waals surface area (Å²) in [6, 6.07) is 15.3. The highest BCUT2D eigenvalue weighted by molar-refractivity contribution is 6.04. The van der Waals surface area contributed by atoms with E-state index in [0.29, 0.717) is 22.6 Å². The van der Waals surface area contributed by atoms with Crippen molar-refractivity contribution >= 4 is 23.6 Å². The SMILES string of the molecule is COC(=O)C(C#N)=Cc1cccc(NC(=O)c2ccc(OC)cc2)c1. The molecule has 0 heterocycles. The lowest BCUT2D eigenvalue weighted by Gasteiger charge is -2.07. The number of hydrogen-bond donors (Lipinski definition) is 1. The smallest absolute Gasteiger partial charge is 0.348 e. The summed E-state index contributed by atoms with van der Waals surface area (Å²) in [6.45, 7) is 0. The van der Waals surface area contributed by atoms with E-state index >= 15 is 0 Å². The first-order valence-electron chi connectivity index (χ1n) is 7.33. The number of carbonyl (C=O) groups is 2. The van der Waals surface area contributed by atoms with Crippen molar-refractivity contribution in [1.29, 1.82) is 5.26 Å². The van der Waals surface area contributed by atoms with Gasteiger partial charge in [-0.15, -0.1) is 0 Å². The number of nitrogens with one attached hydrogen (secondary N) is 1. The van der Waals surface area contributed by atoms with Gasteiger partial charge in [-0.25, -0.2) is 4.79 Å². The predicted molar refractivity (Wildman–Crippen MR) is 93.0 cm³/mol. The van der Waals surface area contributed by atoms with Crippen LogP contribution in [0.15, 0.2) is 54.1 Å². The van der Waals surface area contributed by atoms with Crippen LogP contribution in [0.5, 0.6) is 5.75 Å². The average molecular weight is 336 g/mol. The Hall–Kier alpha value is -3.59.